The summed E-state index contributed by atoms with van der Waals surface area (Å²) in [7, 11) is 1.49. The molecule has 0 fully saturated rings. The highest BCUT2D eigenvalue weighted by Gasteiger charge is 2.48. The van der Waals surface area contributed by atoms with Crippen molar-refractivity contribution < 1.29 is 46.0 Å². The number of halogens is 4. The Labute approximate surface area is 133 Å². The van der Waals surface area contributed by atoms with Gasteiger partial charge in [-0.3, -0.25) is 0 Å². The highest BCUT2D eigenvalue weighted by molar-refractivity contribution is 5.74. The Balaban J connectivity index is 2.35. The van der Waals surface area contributed by atoms with E-state index >= 15 is 0 Å². The Hall–Kier alpha value is -1.77. The molecule has 2 rings (SSSR count). The number of hydrogen-bond acceptors (Lipinski definition) is 3. The van der Waals surface area contributed by atoms with Crippen LogP contribution < -0.4 is 25.0 Å². The van der Waals surface area contributed by atoms with Gasteiger partial charge in [0.15, 0.2) is 7.14 Å². The molecule has 0 aliphatic rings. The summed E-state index contributed by atoms with van der Waals surface area (Å²) in [5.41, 5.74) is 0. The summed E-state index contributed by atoms with van der Waals surface area (Å²) >= 11 is -2.97. The van der Waals surface area contributed by atoms with Crippen molar-refractivity contribution in [2.45, 2.75) is 6.18 Å². The molecule has 1 radical (unpaired) electrons. The second-order valence-electron chi connectivity index (χ2n) is 4.06. The van der Waals surface area contributed by atoms with Crippen LogP contribution in [0.1, 0.15) is 0 Å². The molecule has 0 atom stereocenters. The average molecular weight is 424 g/mol. The van der Waals surface area contributed by atoms with Crippen LogP contribution in [-0.2, 0) is 7.86 Å². The van der Waals surface area contributed by atoms with Crippen LogP contribution in [0.2, 0.25) is 0 Å². The van der Waals surface area contributed by atoms with Gasteiger partial charge in [-0.1, -0.05) is 18.2 Å². The minimum Gasteiger partial charge on any atom is -0.497 e. The van der Waals surface area contributed by atoms with Crippen molar-refractivity contribution in [3.63, 3.8) is 0 Å². The van der Waals surface area contributed by atoms with E-state index in [1.54, 1.807) is 54.6 Å². The van der Waals surface area contributed by atoms with E-state index in [2.05, 4.69) is 0 Å². The summed E-state index contributed by atoms with van der Waals surface area (Å²) in [6.45, 7) is 0. The fourth-order valence-electron chi connectivity index (χ4n) is 1.54. The summed E-state index contributed by atoms with van der Waals surface area (Å²) in [5, 5.41) is 0. The van der Waals surface area contributed by atoms with Crippen LogP contribution in [-0.4, -0.2) is 19.3 Å². The SMILES string of the molecule is COc1ccc([I+](OC(=O)C(F)(F)F)c2ccccc2)cc1. The lowest BCUT2D eigenvalue weighted by atomic mass is 10.3. The Morgan fingerprint density at radius 3 is 2.00 bits per heavy atom. The topological polar surface area (TPSA) is 35.5 Å². The van der Waals surface area contributed by atoms with Gasteiger partial charge in [-0.15, -0.1) is 0 Å². The van der Waals surface area contributed by atoms with E-state index in [9.17, 15) is 18.0 Å². The molecule has 0 aliphatic carbocycles. The minimum atomic E-state index is -5.00. The minimum absolute atomic E-state index is 0.578. The monoisotopic (exact) mass is 424 g/mol. The fourth-order valence-corrected chi connectivity index (χ4v) is 5.50. The number of carbonyl (C=O) groups excluding carboxylic acids is 1. The van der Waals surface area contributed by atoms with Crippen LogP contribution in [0, 0.1) is 7.14 Å². The summed E-state index contributed by atoms with van der Waals surface area (Å²) in [6, 6.07) is 15.0. The number of hydrogen-bond donors (Lipinski definition) is 0. The van der Waals surface area contributed by atoms with E-state index in [4.69, 9.17) is 7.80 Å². The van der Waals surface area contributed by atoms with Gasteiger partial charge < -0.3 is 4.74 Å². The molecule has 0 saturated heterocycles. The summed E-state index contributed by atoms with van der Waals surface area (Å²) in [6.07, 6.45) is -5.00. The maximum Gasteiger partial charge on any atom is 0.496 e. The second-order valence-corrected chi connectivity index (χ2v) is 8.42. The number of alkyl halides is 3. The lowest BCUT2D eigenvalue weighted by molar-refractivity contribution is -1.04. The molecule has 0 spiro atoms. The van der Waals surface area contributed by atoms with Crippen molar-refractivity contribution in [3.05, 3.63) is 61.7 Å². The fraction of sp³-hybridized carbons (Fsp3) is 0.133. The molecule has 3 nitrogen and oxygen atoms in total. The van der Waals surface area contributed by atoms with Crippen molar-refractivity contribution >= 4 is 5.97 Å². The van der Waals surface area contributed by atoms with Crippen molar-refractivity contribution in [3.8, 4) is 5.75 Å². The molecule has 2 aromatic rings. The normalized spacial score (nSPS) is 11.3. The molecule has 0 heterocycles. The van der Waals surface area contributed by atoms with Crippen LogP contribution in [0.3, 0.4) is 0 Å². The van der Waals surface area contributed by atoms with Gasteiger partial charge in [0.1, 0.15) is 5.75 Å². The van der Waals surface area contributed by atoms with Crippen LogP contribution in [0.5, 0.6) is 5.75 Å². The molecular weight excluding hydrogens is 412 g/mol. The number of carbonyl (C=O) groups is 1. The van der Waals surface area contributed by atoms with E-state index in [-0.39, 0.29) is 0 Å². The Kier molecular flexibility index (Phi) is 5.28. The predicted octanol–water partition coefficient (Wildman–Crippen LogP) is 0.380. The first kappa shape index (κ1) is 16.6. The zero-order chi connectivity index (χ0) is 16.2. The molecule has 0 aliphatic heterocycles. The van der Waals surface area contributed by atoms with Gasteiger partial charge in [0.05, 0.1) is 7.11 Å². The van der Waals surface area contributed by atoms with Crippen LogP contribution in [0.15, 0.2) is 54.6 Å². The first-order valence-corrected chi connectivity index (χ1v) is 9.14. The zero-order valence-corrected chi connectivity index (χ0v) is 13.6. The molecule has 0 amide bonds. The van der Waals surface area contributed by atoms with E-state index < -0.39 is 32.4 Å². The highest BCUT2D eigenvalue weighted by atomic mass is 127. The van der Waals surface area contributed by atoms with Crippen molar-refractivity contribution in [1.82, 2.24) is 0 Å². The molecular formula is C15H12F3IO3+. The quantitative estimate of drug-likeness (QED) is 0.667. The third-order valence-electron chi connectivity index (χ3n) is 2.56. The number of ether oxygens (including phenoxy) is 1. The van der Waals surface area contributed by atoms with Gasteiger partial charge in [0.2, 0.25) is 0 Å². The van der Waals surface area contributed by atoms with Crippen LogP contribution >= 0.6 is 0 Å². The van der Waals surface area contributed by atoms with Crippen LogP contribution in [0.25, 0.3) is 0 Å². The second kappa shape index (κ2) is 6.99. The molecule has 0 aromatic heterocycles. The van der Waals surface area contributed by atoms with Crippen molar-refractivity contribution in [1.29, 1.82) is 0 Å². The molecule has 0 saturated carbocycles. The molecule has 7 heteroatoms. The van der Waals surface area contributed by atoms with Gasteiger partial charge >= 0.3 is 32.4 Å². The molecule has 0 unspecified atom stereocenters. The lowest BCUT2D eigenvalue weighted by Gasteiger charge is -2.07. The zero-order valence-electron chi connectivity index (χ0n) is 11.4. The van der Waals surface area contributed by atoms with Gasteiger partial charge in [0, 0.05) is 0 Å². The van der Waals surface area contributed by atoms with E-state index in [1.807, 2.05) is 0 Å². The summed E-state index contributed by atoms with van der Waals surface area (Å²) < 4.78 is 48.5. The number of benzene rings is 2. The lowest BCUT2D eigenvalue weighted by Crippen LogP contribution is -3.85. The smallest absolute Gasteiger partial charge is 0.496 e. The predicted molar refractivity (Wildman–Crippen MR) is 69.0 cm³/mol. The Morgan fingerprint density at radius 1 is 0.955 bits per heavy atom. The molecule has 22 heavy (non-hydrogen) atoms. The van der Waals surface area contributed by atoms with E-state index in [1.165, 1.54) is 7.11 Å². The standard InChI is InChI=1S/C15H12F3IO3/c1-21-13-9-7-12(8-10-13)19(11-5-3-2-4-6-11)22-14(20)15(16,17)18/h2-10H,1H3/q+1. The van der Waals surface area contributed by atoms with Crippen molar-refractivity contribution in [2.75, 3.05) is 7.11 Å². The average Bonchev–Trinajstić information content (AvgIpc) is 2.52. The highest BCUT2D eigenvalue weighted by Crippen LogP contribution is 2.14. The Bertz CT molecular complexity index is 627. The molecule has 0 N–H and O–H groups in total. The van der Waals surface area contributed by atoms with Gasteiger partial charge in [0.25, 0.3) is 0 Å². The number of methoxy groups -OCH3 is 1. The molecule has 2 aromatic carbocycles. The molecule has 0 bridgehead atoms. The van der Waals surface area contributed by atoms with E-state index in [0.717, 1.165) is 0 Å². The van der Waals surface area contributed by atoms with Gasteiger partial charge in [-0.05, 0) is 36.4 Å². The van der Waals surface area contributed by atoms with Crippen molar-refractivity contribution in [2.24, 2.45) is 0 Å². The van der Waals surface area contributed by atoms with Gasteiger partial charge in [-0.25, -0.2) is 7.86 Å². The third kappa shape index (κ3) is 4.12. The summed E-state index contributed by atoms with van der Waals surface area (Å²) in [5.74, 6) is -1.58. The molecule has 117 valence electrons. The first-order chi connectivity index (χ1) is 10.4. The maximum absolute atomic E-state index is 12.5. The summed E-state index contributed by atoms with van der Waals surface area (Å²) in [4.78, 5) is 11.2. The largest absolute Gasteiger partial charge is 0.497 e. The maximum atomic E-state index is 12.5. The van der Waals surface area contributed by atoms with Crippen LogP contribution in [0.4, 0.5) is 13.2 Å². The third-order valence-corrected chi connectivity index (χ3v) is 7.10. The van der Waals surface area contributed by atoms with Gasteiger partial charge in [-0.2, -0.15) is 13.2 Å². The Morgan fingerprint density at radius 2 is 1.50 bits per heavy atom. The van der Waals surface area contributed by atoms with E-state index in [0.29, 0.717) is 12.9 Å². The first-order valence-electron chi connectivity index (χ1n) is 6.10. The number of rotatable bonds is 4.